The van der Waals surface area contributed by atoms with Gasteiger partial charge in [-0.15, -0.1) is 11.3 Å². The third kappa shape index (κ3) is 3.65. The van der Waals surface area contributed by atoms with Gasteiger partial charge in [-0.1, -0.05) is 53.9 Å². The third-order valence-corrected chi connectivity index (χ3v) is 5.20. The molecule has 0 fully saturated rings. The highest BCUT2D eigenvalue weighted by molar-refractivity contribution is 7.10. The standard InChI is InChI=1S/C14H14Cl3NS/c1-2-18-12(14-11(16)6-7-19-14)8-9-4-3-5-10(15)13(9)17/h3-7,12,18H,2,8H2,1H3. The number of benzene rings is 1. The van der Waals surface area contributed by atoms with Crippen LogP contribution in [0.2, 0.25) is 15.1 Å². The van der Waals surface area contributed by atoms with Crippen molar-refractivity contribution in [2.24, 2.45) is 0 Å². The lowest BCUT2D eigenvalue weighted by molar-refractivity contribution is 0.558. The van der Waals surface area contributed by atoms with Gasteiger partial charge in [0.15, 0.2) is 0 Å². The fourth-order valence-corrected chi connectivity index (χ4v) is 3.65. The Kier molecular flexibility index (Phi) is 5.55. The fourth-order valence-electron chi connectivity index (χ4n) is 1.98. The lowest BCUT2D eigenvalue weighted by atomic mass is 10.0. The Bertz CT molecular complexity index is 553. The van der Waals surface area contributed by atoms with E-state index in [9.17, 15) is 0 Å². The SMILES string of the molecule is CCNC(Cc1cccc(Cl)c1Cl)c1sccc1Cl. The van der Waals surface area contributed by atoms with E-state index >= 15 is 0 Å². The first-order valence-corrected chi connectivity index (χ1v) is 8.04. The molecule has 1 heterocycles. The average molecular weight is 335 g/mol. The molecule has 0 bridgehead atoms. The molecule has 5 heteroatoms. The second kappa shape index (κ2) is 6.96. The van der Waals surface area contributed by atoms with E-state index in [0.29, 0.717) is 10.0 Å². The average Bonchev–Trinajstić information content (AvgIpc) is 2.80. The normalized spacial score (nSPS) is 12.6. The predicted octanol–water partition coefficient (Wildman–Crippen LogP) is 5.60. The molecule has 1 N–H and O–H groups in total. The van der Waals surface area contributed by atoms with Gasteiger partial charge in [0.05, 0.1) is 15.1 Å². The van der Waals surface area contributed by atoms with Crippen molar-refractivity contribution in [1.29, 1.82) is 0 Å². The van der Waals surface area contributed by atoms with Crippen molar-refractivity contribution in [3.8, 4) is 0 Å². The minimum Gasteiger partial charge on any atom is -0.309 e. The Balaban J connectivity index is 2.27. The van der Waals surface area contributed by atoms with Crippen LogP contribution in [0.1, 0.15) is 23.4 Å². The van der Waals surface area contributed by atoms with Gasteiger partial charge in [-0.3, -0.25) is 0 Å². The van der Waals surface area contributed by atoms with Gasteiger partial charge in [-0.25, -0.2) is 0 Å². The van der Waals surface area contributed by atoms with Crippen LogP contribution in [-0.2, 0) is 6.42 Å². The number of rotatable bonds is 5. The topological polar surface area (TPSA) is 12.0 Å². The van der Waals surface area contributed by atoms with Gasteiger partial charge >= 0.3 is 0 Å². The molecule has 2 rings (SSSR count). The maximum atomic E-state index is 6.25. The van der Waals surface area contributed by atoms with Crippen LogP contribution in [0.3, 0.4) is 0 Å². The highest BCUT2D eigenvalue weighted by atomic mass is 35.5. The zero-order valence-electron chi connectivity index (χ0n) is 10.4. The Morgan fingerprint density at radius 2 is 1.95 bits per heavy atom. The number of thiophene rings is 1. The Hall–Kier alpha value is -0.250. The molecule has 1 atom stereocenters. The van der Waals surface area contributed by atoms with Gasteiger partial charge in [0, 0.05) is 10.9 Å². The number of likely N-dealkylation sites (N-methyl/N-ethyl adjacent to an activating group) is 1. The molecule has 0 amide bonds. The van der Waals surface area contributed by atoms with Crippen LogP contribution in [0.15, 0.2) is 29.6 Å². The van der Waals surface area contributed by atoms with E-state index in [1.165, 1.54) is 0 Å². The lowest BCUT2D eigenvalue weighted by Crippen LogP contribution is -2.22. The Morgan fingerprint density at radius 3 is 2.58 bits per heavy atom. The highest BCUT2D eigenvalue weighted by Gasteiger charge is 2.17. The van der Waals surface area contributed by atoms with Crippen molar-refractivity contribution >= 4 is 46.1 Å². The van der Waals surface area contributed by atoms with E-state index in [-0.39, 0.29) is 6.04 Å². The molecule has 0 radical (unpaired) electrons. The molecule has 1 unspecified atom stereocenters. The van der Waals surface area contributed by atoms with Gasteiger partial charge < -0.3 is 5.32 Å². The van der Waals surface area contributed by atoms with Crippen molar-refractivity contribution < 1.29 is 0 Å². The van der Waals surface area contributed by atoms with Gasteiger partial charge in [0.2, 0.25) is 0 Å². The van der Waals surface area contributed by atoms with E-state index in [1.54, 1.807) is 17.4 Å². The molecule has 1 aromatic carbocycles. The summed E-state index contributed by atoms with van der Waals surface area (Å²) in [6.45, 7) is 2.95. The summed E-state index contributed by atoms with van der Waals surface area (Å²) >= 11 is 20.2. The van der Waals surface area contributed by atoms with Crippen molar-refractivity contribution in [1.82, 2.24) is 5.32 Å². The van der Waals surface area contributed by atoms with Crippen molar-refractivity contribution in [3.05, 3.63) is 55.2 Å². The van der Waals surface area contributed by atoms with Gasteiger partial charge in [-0.05, 0) is 36.0 Å². The molecule has 102 valence electrons. The zero-order chi connectivity index (χ0) is 13.8. The second-order valence-corrected chi connectivity index (χ2v) is 6.30. The van der Waals surface area contributed by atoms with E-state index in [0.717, 1.165) is 28.4 Å². The molecule has 0 aliphatic carbocycles. The van der Waals surface area contributed by atoms with Crippen LogP contribution in [0.5, 0.6) is 0 Å². The van der Waals surface area contributed by atoms with Crippen molar-refractivity contribution in [2.75, 3.05) is 6.54 Å². The van der Waals surface area contributed by atoms with Crippen LogP contribution < -0.4 is 5.32 Å². The highest BCUT2D eigenvalue weighted by Crippen LogP contribution is 2.34. The molecule has 0 spiro atoms. The Morgan fingerprint density at radius 1 is 1.16 bits per heavy atom. The first-order valence-electron chi connectivity index (χ1n) is 6.02. The second-order valence-electron chi connectivity index (χ2n) is 4.16. The van der Waals surface area contributed by atoms with Gasteiger partial charge in [0.25, 0.3) is 0 Å². The van der Waals surface area contributed by atoms with Crippen molar-refractivity contribution in [2.45, 2.75) is 19.4 Å². The number of hydrogen-bond acceptors (Lipinski definition) is 2. The van der Waals surface area contributed by atoms with E-state index in [4.69, 9.17) is 34.8 Å². The Labute approximate surface area is 132 Å². The summed E-state index contributed by atoms with van der Waals surface area (Å²) in [5.74, 6) is 0. The smallest absolute Gasteiger partial charge is 0.0624 e. The molecule has 1 aromatic heterocycles. The molecule has 0 aliphatic rings. The largest absolute Gasteiger partial charge is 0.309 e. The maximum Gasteiger partial charge on any atom is 0.0624 e. The summed E-state index contributed by atoms with van der Waals surface area (Å²) in [5, 5.41) is 7.46. The molecule has 1 nitrogen and oxygen atoms in total. The molecule has 0 aliphatic heterocycles. The van der Waals surface area contributed by atoms with E-state index < -0.39 is 0 Å². The minimum atomic E-state index is 0.161. The molecule has 0 saturated carbocycles. The van der Waals surface area contributed by atoms with Gasteiger partial charge in [0.1, 0.15) is 0 Å². The van der Waals surface area contributed by atoms with Crippen LogP contribution in [-0.4, -0.2) is 6.54 Å². The van der Waals surface area contributed by atoms with Crippen LogP contribution in [0.4, 0.5) is 0 Å². The molecule has 19 heavy (non-hydrogen) atoms. The lowest BCUT2D eigenvalue weighted by Gasteiger charge is -2.18. The van der Waals surface area contributed by atoms with Crippen molar-refractivity contribution in [3.63, 3.8) is 0 Å². The van der Waals surface area contributed by atoms with Crippen LogP contribution in [0, 0.1) is 0 Å². The fraction of sp³-hybridized carbons (Fsp3) is 0.286. The first kappa shape index (κ1) is 15.1. The molecule has 2 aromatic rings. The number of nitrogens with one attached hydrogen (secondary N) is 1. The zero-order valence-corrected chi connectivity index (χ0v) is 13.5. The molecular formula is C14H14Cl3NS. The third-order valence-electron chi connectivity index (χ3n) is 2.87. The van der Waals surface area contributed by atoms with E-state index in [1.807, 2.05) is 23.6 Å². The molecular weight excluding hydrogens is 321 g/mol. The first-order chi connectivity index (χ1) is 9.13. The molecule has 0 saturated heterocycles. The number of halogens is 3. The van der Waals surface area contributed by atoms with Crippen LogP contribution in [0.25, 0.3) is 0 Å². The summed E-state index contributed by atoms with van der Waals surface area (Å²) < 4.78 is 0. The van der Waals surface area contributed by atoms with E-state index in [2.05, 4.69) is 12.2 Å². The minimum absolute atomic E-state index is 0.161. The summed E-state index contributed by atoms with van der Waals surface area (Å²) in [6.07, 6.45) is 0.771. The van der Waals surface area contributed by atoms with Crippen LogP contribution >= 0.6 is 46.1 Å². The number of hydrogen-bond donors (Lipinski definition) is 1. The monoisotopic (exact) mass is 333 g/mol. The summed E-state index contributed by atoms with van der Waals surface area (Å²) in [4.78, 5) is 1.14. The van der Waals surface area contributed by atoms with Gasteiger partial charge in [-0.2, -0.15) is 0 Å². The quantitative estimate of drug-likeness (QED) is 0.750. The predicted molar refractivity (Wildman–Crippen MR) is 85.9 cm³/mol. The summed E-state index contributed by atoms with van der Waals surface area (Å²) in [5.41, 5.74) is 1.03. The summed E-state index contributed by atoms with van der Waals surface area (Å²) in [7, 11) is 0. The summed E-state index contributed by atoms with van der Waals surface area (Å²) in [6, 6.07) is 7.80. The maximum absolute atomic E-state index is 6.25.